The number of rotatable bonds is 7. The Morgan fingerprint density at radius 1 is 1.23 bits per heavy atom. The fourth-order valence-corrected chi connectivity index (χ4v) is 4.48. The van der Waals surface area contributed by atoms with Crippen molar-refractivity contribution in [2.24, 2.45) is 10.2 Å². The summed E-state index contributed by atoms with van der Waals surface area (Å²) >= 11 is 0. The minimum atomic E-state index is -2.99. The number of pyridine rings is 1. The molecule has 40 heavy (non-hydrogen) atoms. The van der Waals surface area contributed by atoms with Gasteiger partial charge in [0.25, 0.3) is 5.92 Å². The zero-order valence-electron chi connectivity index (χ0n) is 22.6. The van der Waals surface area contributed by atoms with Crippen LogP contribution in [0.4, 0.5) is 39.4 Å². The number of nitrogens with one attached hydrogen (secondary N) is 2. The average Bonchev–Trinajstić information content (AvgIpc) is 3.21. The lowest BCUT2D eigenvalue weighted by Gasteiger charge is -2.44. The first-order chi connectivity index (χ1) is 19.1. The van der Waals surface area contributed by atoms with Crippen molar-refractivity contribution >= 4 is 23.0 Å². The molecule has 10 nitrogen and oxygen atoms in total. The Bertz CT molecular complexity index is 1350. The molecular formula is C25H32F5N9O. The minimum absolute atomic E-state index is 0.0173. The van der Waals surface area contributed by atoms with E-state index in [4.69, 9.17) is 4.74 Å². The van der Waals surface area contributed by atoms with Crippen LogP contribution in [-0.2, 0) is 4.74 Å². The van der Waals surface area contributed by atoms with E-state index < -0.39 is 24.2 Å². The lowest BCUT2D eigenvalue weighted by atomic mass is 9.98. The van der Waals surface area contributed by atoms with Crippen LogP contribution in [0.15, 0.2) is 28.6 Å². The first-order valence-electron chi connectivity index (χ1n) is 12.9. The molecule has 0 spiro atoms. The molecular weight excluding hydrogens is 537 g/mol. The summed E-state index contributed by atoms with van der Waals surface area (Å²) in [6.07, 6.45) is -0.739. The van der Waals surface area contributed by atoms with E-state index in [9.17, 15) is 17.6 Å². The van der Waals surface area contributed by atoms with Gasteiger partial charge in [0, 0.05) is 27.1 Å². The number of azo groups is 1. The van der Waals surface area contributed by atoms with E-state index in [2.05, 4.69) is 35.9 Å². The summed E-state index contributed by atoms with van der Waals surface area (Å²) in [5, 5.41) is 17.7. The number of hydrogen-bond acceptors (Lipinski definition) is 9. The molecule has 2 aliphatic heterocycles. The molecule has 3 aromatic heterocycles. The Hall–Kier alpha value is -3.46. The Balaban J connectivity index is 0.000000681. The quantitative estimate of drug-likeness (QED) is 0.299. The second kappa shape index (κ2) is 12.4. The van der Waals surface area contributed by atoms with Crippen LogP contribution < -0.4 is 10.6 Å². The van der Waals surface area contributed by atoms with Gasteiger partial charge in [0.2, 0.25) is 12.4 Å². The van der Waals surface area contributed by atoms with Crippen LogP contribution in [0.3, 0.4) is 0 Å². The maximum Gasteiger partial charge on any atom is 0.280 e. The number of aryl methyl sites for hydroxylation is 1. The fraction of sp³-hybridized carbons (Fsp3) is 0.560. The van der Waals surface area contributed by atoms with E-state index in [1.54, 1.807) is 38.1 Å². The number of hydrogen-bond donors (Lipinski definition) is 2. The van der Waals surface area contributed by atoms with Gasteiger partial charge >= 0.3 is 0 Å². The van der Waals surface area contributed by atoms with Gasteiger partial charge in [-0.15, -0.1) is 5.10 Å². The lowest BCUT2D eigenvalue weighted by Crippen LogP contribution is -2.61. The first-order valence-corrected chi connectivity index (χ1v) is 12.9. The Morgan fingerprint density at radius 2 is 1.95 bits per heavy atom. The first kappa shape index (κ1) is 29.5. The number of likely N-dealkylation sites (tertiary alicyclic amines) is 1. The molecule has 2 fully saturated rings. The van der Waals surface area contributed by atoms with Crippen LogP contribution in [0.25, 0.3) is 16.8 Å². The zero-order chi connectivity index (χ0) is 29.0. The fourth-order valence-electron chi connectivity index (χ4n) is 4.48. The third-order valence-electron chi connectivity index (χ3n) is 6.72. The molecule has 0 bridgehead atoms. The zero-order valence-corrected chi connectivity index (χ0v) is 22.6. The van der Waals surface area contributed by atoms with Gasteiger partial charge < -0.3 is 15.4 Å². The topological polar surface area (TPSA) is 104 Å². The molecule has 0 aromatic carbocycles. The summed E-state index contributed by atoms with van der Waals surface area (Å²) < 4.78 is 72.9. The highest BCUT2D eigenvalue weighted by Crippen LogP contribution is 2.35. The van der Waals surface area contributed by atoms with Gasteiger partial charge in [-0.25, -0.2) is 26.5 Å². The molecule has 2 N–H and O–H groups in total. The van der Waals surface area contributed by atoms with E-state index in [1.165, 1.54) is 17.6 Å². The number of nitrogens with zero attached hydrogens (tertiary/aromatic N) is 7. The molecule has 2 aliphatic rings. The van der Waals surface area contributed by atoms with Gasteiger partial charge in [-0.2, -0.15) is 15.2 Å². The number of alkyl halides is 4. The summed E-state index contributed by atoms with van der Waals surface area (Å²) in [4.78, 5) is 10.6. The largest absolute Gasteiger partial charge is 0.378 e. The highest BCUT2D eigenvalue weighted by atomic mass is 19.3. The average molecular weight is 570 g/mol. The van der Waals surface area contributed by atoms with E-state index >= 15 is 4.39 Å². The van der Waals surface area contributed by atoms with E-state index in [-0.39, 0.29) is 42.8 Å². The summed E-state index contributed by atoms with van der Waals surface area (Å²) in [6.45, 7) is 4.33. The number of anilines is 2. The molecule has 0 radical (unpaired) electrons. The number of ether oxygens (including phenoxy) is 1. The second-order valence-electron chi connectivity index (χ2n) is 9.49. The van der Waals surface area contributed by atoms with Crippen LogP contribution in [-0.4, -0.2) is 89.3 Å². The summed E-state index contributed by atoms with van der Waals surface area (Å²) in [5.41, 5.74) is 2.08. The summed E-state index contributed by atoms with van der Waals surface area (Å²) in [5.74, 6) is -3.29. The van der Waals surface area contributed by atoms with Gasteiger partial charge in [-0.05, 0) is 25.5 Å². The highest BCUT2D eigenvalue weighted by Gasteiger charge is 2.47. The third-order valence-corrected chi connectivity index (χ3v) is 6.72. The van der Waals surface area contributed by atoms with Crippen LogP contribution >= 0.6 is 0 Å². The molecule has 5 heterocycles. The smallest absolute Gasteiger partial charge is 0.280 e. The molecule has 1 unspecified atom stereocenters. The van der Waals surface area contributed by atoms with Crippen molar-refractivity contribution in [3.8, 4) is 11.3 Å². The minimum Gasteiger partial charge on any atom is -0.378 e. The Morgan fingerprint density at radius 3 is 2.50 bits per heavy atom. The van der Waals surface area contributed by atoms with Crippen molar-refractivity contribution in [2.45, 2.75) is 51.1 Å². The SMILES string of the molecule is CCC(F)F.CN=Nc1ccc(-c2c(F)cn3nc(NC4CCN(C5COC5)CC4(F)F)nc(NC)c23)nc1C. The number of piperidine rings is 1. The van der Waals surface area contributed by atoms with Gasteiger partial charge in [0.05, 0.1) is 55.0 Å². The van der Waals surface area contributed by atoms with Crippen molar-refractivity contribution in [1.82, 2.24) is 24.5 Å². The maximum absolute atomic E-state index is 15.1. The molecule has 218 valence electrons. The van der Waals surface area contributed by atoms with E-state index in [0.29, 0.717) is 42.4 Å². The third kappa shape index (κ3) is 6.30. The lowest BCUT2D eigenvalue weighted by molar-refractivity contribution is -0.131. The van der Waals surface area contributed by atoms with Gasteiger partial charge in [0.1, 0.15) is 11.2 Å². The Labute approximate surface area is 228 Å². The highest BCUT2D eigenvalue weighted by molar-refractivity contribution is 5.88. The van der Waals surface area contributed by atoms with Crippen molar-refractivity contribution in [2.75, 3.05) is 51.0 Å². The molecule has 2 saturated heterocycles. The number of fused-ring (bicyclic) bond motifs is 1. The van der Waals surface area contributed by atoms with Crippen LogP contribution in [0.5, 0.6) is 0 Å². The summed E-state index contributed by atoms with van der Waals surface area (Å²) in [6, 6.07) is 2.24. The van der Waals surface area contributed by atoms with E-state index in [0.717, 1.165) is 0 Å². The van der Waals surface area contributed by atoms with Gasteiger partial charge in [-0.3, -0.25) is 9.88 Å². The second-order valence-corrected chi connectivity index (χ2v) is 9.49. The van der Waals surface area contributed by atoms with Crippen LogP contribution in [0.2, 0.25) is 0 Å². The Kier molecular flexibility index (Phi) is 9.13. The van der Waals surface area contributed by atoms with Gasteiger partial charge in [-0.1, -0.05) is 6.92 Å². The van der Waals surface area contributed by atoms with Crippen molar-refractivity contribution in [3.05, 3.63) is 29.8 Å². The van der Waals surface area contributed by atoms with Crippen molar-refractivity contribution < 1.29 is 26.7 Å². The van der Waals surface area contributed by atoms with Crippen LogP contribution in [0.1, 0.15) is 25.5 Å². The molecule has 1 atom stereocenters. The molecule has 15 heteroatoms. The molecule has 0 aliphatic carbocycles. The maximum atomic E-state index is 15.1. The van der Waals surface area contributed by atoms with Crippen molar-refractivity contribution in [1.29, 1.82) is 0 Å². The van der Waals surface area contributed by atoms with Crippen LogP contribution in [0, 0.1) is 12.7 Å². The monoisotopic (exact) mass is 569 g/mol. The number of halogens is 5. The molecule has 0 saturated carbocycles. The predicted octanol–water partition coefficient (Wildman–Crippen LogP) is 5.18. The normalized spacial score (nSPS) is 19.5. The van der Waals surface area contributed by atoms with Crippen molar-refractivity contribution in [3.63, 3.8) is 0 Å². The number of aromatic nitrogens is 4. The standard InChI is InChI=1S/C22H26F3N9O.C3H6F2/c1-12-15(31-27-3)4-5-16(28-12)18-14(23)8-34-19(18)20(26-2)30-21(32-34)29-17-6-7-33(11-22(17,24)25)13-9-35-10-13;1-2-3(4)5/h4-5,8,13,17H,6-7,9-11H2,1-3H3,(H2,26,29,30,32);3H,2H2,1H3. The summed E-state index contributed by atoms with van der Waals surface area (Å²) in [7, 11) is 3.18. The van der Waals surface area contributed by atoms with Gasteiger partial charge in [0.15, 0.2) is 11.6 Å². The van der Waals surface area contributed by atoms with E-state index in [1.807, 2.05) is 0 Å². The molecule has 0 amide bonds. The molecule has 3 aromatic rings. The molecule has 5 rings (SSSR count). The predicted molar refractivity (Wildman–Crippen MR) is 140 cm³/mol.